The van der Waals surface area contributed by atoms with Crippen LogP contribution in [-0.4, -0.2) is 37.4 Å². The Hall–Kier alpha value is -2.58. The van der Waals surface area contributed by atoms with E-state index in [1.807, 2.05) is 17.5 Å². The first-order valence-electron chi connectivity index (χ1n) is 7.00. The average Bonchev–Trinajstić information content (AvgIpc) is 3.18. The van der Waals surface area contributed by atoms with Gasteiger partial charge in [0.25, 0.3) is 5.91 Å². The number of carbonyl (C=O) groups excluding carboxylic acids is 1. The number of thiophene rings is 1. The second-order valence-electron chi connectivity index (χ2n) is 4.84. The van der Waals surface area contributed by atoms with E-state index in [-0.39, 0.29) is 18.2 Å². The van der Waals surface area contributed by atoms with Crippen LogP contribution in [0.15, 0.2) is 36.0 Å². The lowest BCUT2D eigenvalue weighted by Gasteiger charge is -2.07. The number of aromatic nitrogens is 4. The molecule has 0 aliphatic carbocycles. The molecule has 0 atom stereocenters. The average molecular weight is 329 g/mol. The van der Waals surface area contributed by atoms with Gasteiger partial charge in [-0.1, -0.05) is 6.07 Å². The smallest absolute Gasteiger partial charge is 0.275 e. The minimum atomic E-state index is -0.340. The number of nitrogens with zero attached hydrogens (tertiary/aromatic N) is 4. The number of anilines is 1. The van der Waals surface area contributed by atoms with Crippen molar-refractivity contribution in [1.29, 1.82) is 0 Å². The fourth-order valence-electron chi connectivity index (χ4n) is 2.09. The van der Waals surface area contributed by atoms with Crippen LogP contribution in [0, 0.1) is 6.92 Å². The molecule has 3 rings (SSSR count). The van der Waals surface area contributed by atoms with Gasteiger partial charge in [-0.05, 0) is 24.4 Å². The predicted molar refractivity (Wildman–Crippen MR) is 87.3 cm³/mol. The molecule has 2 N–H and O–H groups in total. The number of hydrogen-bond donors (Lipinski definition) is 2. The van der Waals surface area contributed by atoms with Crippen LogP contribution in [0.4, 0.5) is 5.82 Å². The van der Waals surface area contributed by atoms with Crippen LogP contribution >= 0.6 is 11.3 Å². The van der Waals surface area contributed by atoms with Gasteiger partial charge in [0, 0.05) is 11.8 Å². The summed E-state index contributed by atoms with van der Waals surface area (Å²) in [7, 11) is 0. The number of carbonyl (C=O) groups is 1. The highest BCUT2D eigenvalue weighted by Crippen LogP contribution is 2.26. The molecule has 8 heteroatoms. The van der Waals surface area contributed by atoms with Crippen LogP contribution in [0.1, 0.15) is 16.2 Å². The Morgan fingerprint density at radius 1 is 1.39 bits per heavy atom. The summed E-state index contributed by atoms with van der Waals surface area (Å²) < 4.78 is 1.57. The maximum Gasteiger partial charge on any atom is 0.275 e. The summed E-state index contributed by atoms with van der Waals surface area (Å²) in [5.74, 6) is 0.177. The van der Waals surface area contributed by atoms with Crippen molar-refractivity contribution < 1.29 is 9.90 Å². The Morgan fingerprint density at radius 3 is 2.96 bits per heavy atom. The van der Waals surface area contributed by atoms with Crippen LogP contribution in [0.3, 0.4) is 0 Å². The van der Waals surface area contributed by atoms with Gasteiger partial charge in [-0.3, -0.25) is 4.79 Å². The Morgan fingerprint density at radius 2 is 2.26 bits per heavy atom. The predicted octanol–water partition coefficient (Wildman–Crippen LogP) is 1.95. The van der Waals surface area contributed by atoms with E-state index in [4.69, 9.17) is 0 Å². The maximum atomic E-state index is 12.3. The van der Waals surface area contributed by atoms with Crippen molar-refractivity contribution in [3.8, 4) is 10.6 Å². The molecule has 1 amide bonds. The summed E-state index contributed by atoms with van der Waals surface area (Å²) in [6, 6.07) is 7.29. The summed E-state index contributed by atoms with van der Waals surface area (Å²) in [6.07, 6.45) is 1.35. The van der Waals surface area contributed by atoms with Crippen LogP contribution in [0.25, 0.3) is 10.6 Å². The van der Waals surface area contributed by atoms with Crippen LogP contribution in [0.5, 0.6) is 0 Å². The van der Waals surface area contributed by atoms with Crippen LogP contribution in [0.2, 0.25) is 0 Å². The number of amides is 1. The molecule has 0 spiro atoms. The van der Waals surface area contributed by atoms with Gasteiger partial charge in [0.15, 0.2) is 0 Å². The molecule has 0 aliphatic rings. The van der Waals surface area contributed by atoms with Gasteiger partial charge in [0.05, 0.1) is 18.0 Å². The lowest BCUT2D eigenvalue weighted by Crippen LogP contribution is -2.18. The quantitative estimate of drug-likeness (QED) is 0.746. The second-order valence-corrected chi connectivity index (χ2v) is 5.79. The van der Waals surface area contributed by atoms with E-state index in [2.05, 4.69) is 20.4 Å². The summed E-state index contributed by atoms with van der Waals surface area (Å²) in [5, 5.41) is 18.4. The Labute approximate surface area is 136 Å². The van der Waals surface area contributed by atoms with Crippen molar-refractivity contribution in [2.24, 2.45) is 0 Å². The van der Waals surface area contributed by atoms with Gasteiger partial charge in [0.1, 0.15) is 23.5 Å². The number of aliphatic hydroxyl groups is 1. The van der Waals surface area contributed by atoms with E-state index >= 15 is 0 Å². The lowest BCUT2D eigenvalue weighted by molar-refractivity contribution is 0.102. The molecule has 3 aromatic rings. The molecule has 0 unspecified atom stereocenters. The third kappa shape index (κ3) is 3.43. The fraction of sp³-hybridized carbons (Fsp3) is 0.200. The Bertz CT molecular complexity index is 813. The van der Waals surface area contributed by atoms with Gasteiger partial charge in [0.2, 0.25) is 0 Å². The largest absolute Gasteiger partial charge is 0.394 e. The van der Waals surface area contributed by atoms with Gasteiger partial charge in [-0.2, -0.15) is 5.10 Å². The minimum absolute atomic E-state index is 0.0684. The summed E-state index contributed by atoms with van der Waals surface area (Å²) in [4.78, 5) is 21.3. The van der Waals surface area contributed by atoms with E-state index < -0.39 is 0 Å². The molecule has 0 saturated carbocycles. The third-order valence-corrected chi connectivity index (χ3v) is 4.04. The standard InChI is InChI=1S/C15H15N5O2S/c1-10-7-12(17-9-16-10)15(22)18-14-8-11(13-3-2-6-23-13)19-20(14)4-5-21/h2-3,6-9,21H,4-5H2,1H3,(H,18,22). The van der Waals surface area contributed by atoms with Crippen molar-refractivity contribution >= 4 is 23.1 Å². The molecular formula is C15H15N5O2S. The van der Waals surface area contributed by atoms with E-state index in [0.29, 0.717) is 18.1 Å². The molecule has 118 valence electrons. The zero-order valence-electron chi connectivity index (χ0n) is 12.4. The monoisotopic (exact) mass is 329 g/mol. The molecule has 0 bridgehead atoms. The number of aryl methyl sites for hydroxylation is 1. The Kier molecular flexibility index (Phi) is 4.45. The number of aliphatic hydroxyl groups excluding tert-OH is 1. The highest BCUT2D eigenvalue weighted by Gasteiger charge is 2.14. The number of rotatable bonds is 5. The molecule has 0 saturated heterocycles. The Balaban J connectivity index is 1.88. The first kappa shape index (κ1) is 15.3. The maximum absolute atomic E-state index is 12.3. The molecule has 23 heavy (non-hydrogen) atoms. The highest BCUT2D eigenvalue weighted by molar-refractivity contribution is 7.13. The molecule has 3 heterocycles. The van der Waals surface area contributed by atoms with Gasteiger partial charge < -0.3 is 10.4 Å². The molecule has 0 fully saturated rings. The number of nitrogens with one attached hydrogen (secondary N) is 1. The summed E-state index contributed by atoms with van der Waals surface area (Å²) in [6.45, 7) is 2.02. The zero-order valence-corrected chi connectivity index (χ0v) is 13.2. The SMILES string of the molecule is Cc1cc(C(=O)Nc2cc(-c3cccs3)nn2CCO)ncn1. The van der Waals surface area contributed by atoms with E-state index in [1.54, 1.807) is 35.1 Å². The van der Waals surface area contributed by atoms with Crippen LogP contribution in [-0.2, 0) is 6.54 Å². The van der Waals surface area contributed by atoms with Crippen molar-refractivity contribution in [3.63, 3.8) is 0 Å². The summed E-state index contributed by atoms with van der Waals surface area (Å²) in [5.41, 5.74) is 1.75. The van der Waals surface area contributed by atoms with Gasteiger partial charge in [-0.25, -0.2) is 14.6 Å². The molecule has 3 aromatic heterocycles. The molecule has 0 radical (unpaired) electrons. The van der Waals surface area contributed by atoms with Crippen molar-refractivity contribution in [2.45, 2.75) is 13.5 Å². The second kappa shape index (κ2) is 6.67. The van der Waals surface area contributed by atoms with Crippen LogP contribution < -0.4 is 5.32 Å². The van der Waals surface area contributed by atoms with E-state index in [1.165, 1.54) is 6.33 Å². The topological polar surface area (TPSA) is 92.9 Å². The first-order valence-corrected chi connectivity index (χ1v) is 7.88. The highest BCUT2D eigenvalue weighted by atomic mass is 32.1. The van der Waals surface area contributed by atoms with Gasteiger partial charge in [-0.15, -0.1) is 11.3 Å². The molecular weight excluding hydrogens is 314 g/mol. The van der Waals surface area contributed by atoms with Crippen molar-refractivity contribution in [2.75, 3.05) is 11.9 Å². The van der Waals surface area contributed by atoms with Crippen molar-refractivity contribution in [1.82, 2.24) is 19.7 Å². The molecule has 0 aromatic carbocycles. The number of hydrogen-bond acceptors (Lipinski definition) is 6. The zero-order chi connectivity index (χ0) is 16.2. The van der Waals surface area contributed by atoms with Gasteiger partial charge >= 0.3 is 0 Å². The first-order chi connectivity index (χ1) is 11.2. The van der Waals surface area contributed by atoms with E-state index in [0.717, 1.165) is 10.6 Å². The minimum Gasteiger partial charge on any atom is -0.394 e. The van der Waals surface area contributed by atoms with E-state index in [9.17, 15) is 9.90 Å². The van der Waals surface area contributed by atoms with Crippen molar-refractivity contribution in [3.05, 3.63) is 47.4 Å². The molecule has 7 nitrogen and oxygen atoms in total. The third-order valence-electron chi connectivity index (χ3n) is 3.14. The lowest BCUT2D eigenvalue weighted by atomic mass is 10.3. The normalized spacial score (nSPS) is 10.7. The summed E-state index contributed by atoms with van der Waals surface area (Å²) >= 11 is 1.56. The fourth-order valence-corrected chi connectivity index (χ4v) is 2.77. The molecule has 0 aliphatic heterocycles.